The summed E-state index contributed by atoms with van der Waals surface area (Å²) in [5.74, 6) is -1.36. The molecule has 0 aromatic carbocycles. The van der Waals surface area contributed by atoms with E-state index in [1.165, 1.54) is 23.4 Å². The molecular formula is C15H20N2O4. The van der Waals surface area contributed by atoms with E-state index in [9.17, 15) is 19.8 Å². The van der Waals surface area contributed by atoms with Gasteiger partial charge in [0.2, 0.25) is 0 Å². The van der Waals surface area contributed by atoms with E-state index < -0.39 is 11.4 Å². The second-order valence-corrected chi connectivity index (χ2v) is 5.56. The molecule has 1 unspecified atom stereocenters. The molecule has 6 nitrogen and oxygen atoms in total. The van der Waals surface area contributed by atoms with Crippen molar-refractivity contribution in [2.24, 2.45) is 5.41 Å². The number of pyridine rings is 1. The van der Waals surface area contributed by atoms with Gasteiger partial charge in [0.05, 0.1) is 17.2 Å². The number of hydrogen-bond acceptors (Lipinski definition) is 4. The Labute approximate surface area is 123 Å². The van der Waals surface area contributed by atoms with Crippen molar-refractivity contribution >= 4 is 11.9 Å². The average molecular weight is 292 g/mol. The van der Waals surface area contributed by atoms with E-state index in [2.05, 4.69) is 4.98 Å². The highest BCUT2D eigenvalue weighted by Gasteiger charge is 2.43. The molecule has 0 spiro atoms. The third-order valence-electron chi connectivity index (χ3n) is 4.08. The van der Waals surface area contributed by atoms with E-state index in [4.69, 9.17) is 0 Å². The Bertz CT molecular complexity index is 542. The molecule has 114 valence electrons. The third-order valence-corrected chi connectivity index (χ3v) is 4.08. The Balaban J connectivity index is 2.23. The van der Waals surface area contributed by atoms with Crippen LogP contribution < -0.4 is 0 Å². The molecule has 1 amide bonds. The van der Waals surface area contributed by atoms with E-state index in [1.54, 1.807) is 0 Å². The van der Waals surface area contributed by atoms with Crippen LogP contribution in [0.2, 0.25) is 0 Å². The number of carboxylic acid groups (broad SMARTS) is 1. The van der Waals surface area contributed by atoms with E-state index in [1.807, 2.05) is 6.92 Å². The number of aromatic nitrogens is 1. The summed E-state index contributed by atoms with van der Waals surface area (Å²) in [6.07, 6.45) is 5.20. The summed E-state index contributed by atoms with van der Waals surface area (Å²) in [5, 5.41) is 19.3. The van der Waals surface area contributed by atoms with E-state index in [0.29, 0.717) is 25.8 Å². The summed E-state index contributed by atoms with van der Waals surface area (Å²) in [4.78, 5) is 29.4. The molecule has 1 saturated heterocycles. The van der Waals surface area contributed by atoms with Crippen LogP contribution in [0.25, 0.3) is 0 Å². The van der Waals surface area contributed by atoms with Gasteiger partial charge in [-0.2, -0.15) is 0 Å². The number of carbonyl (C=O) groups excluding carboxylic acids is 1. The SMILES string of the molecule is CCCC1(C(=O)O)CCCN(C(=O)c2ccncc2O)C1. The van der Waals surface area contributed by atoms with Crippen molar-refractivity contribution in [2.45, 2.75) is 32.6 Å². The lowest BCUT2D eigenvalue weighted by Gasteiger charge is -2.40. The van der Waals surface area contributed by atoms with Crippen molar-refractivity contribution in [1.82, 2.24) is 9.88 Å². The molecule has 2 rings (SSSR count). The third kappa shape index (κ3) is 2.99. The Kier molecular flexibility index (Phi) is 4.45. The van der Waals surface area contributed by atoms with Gasteiger partial charge < -0.3 is 15.1 Å². The first-order valence-corrected chi connectivity index (χ1v) is 7.16. The molecule has 0 radical (unpaired) electrons. The van der Waals surface area contributed by atoms with Gasteiger partial charge in [0.15, 0.2) is 0 Å². The summed E-state index contributed by atoms with van der Waals surface area (Å²) < 4.78 is 0. The van der Waals surface area contributed by atoms with Crippen LogP contribution >= 0.6 is 0 Å². The Hall–Kier alpha value is -2.11. The predicted octanol–water partition coefficient (Wildman–Crippen LogP) is 1.89. The topological polar surface area (TPSA) is 90.7 Å². The monoisotopic (exact) mass is 292 g/mol. The minimum Gasteiger partial charge on any atom is -0.505 e. The molecule has 1 aromatic heterocycles. The molecule has 1 aromatic rings. The summed E-state index contributed by atoms with van der Waals surface area (Å²) in [6, 6.07) is 1.45. The number of likely N-dealkylation sites (tertiary alicyclic amines) is 1. The highest BCUT2D eigenvalue weighted by atomic mass is 16.4. The highest BCUT2D eigenvalue weighted by molar-refractivity contribution is 5.97. The number of hydrogen-bond donors (Lipinski definition) is 2. The fourth-order valence-electron chi connectivity index (χ4n) is 3.01. The highest BCUT2D eigenvalue weighted by Crippen LogP contribution is 2.36. The number of rotatable bonds is 4. The first kappa shape index (κ1) is 15.3. The summed E-state index contributed by atoms with van der Waals surface area (Å²) in [5.41, 5.74) is -0.701. The molecule has 1 atom stereocenters. The molecule has 0 aliphatic carbocycles. The average Bonchev–Trinajstić information content (AvgIpc) is 2.47. The van der Waals surface area contributed by atoms with Crippen molar-refractivity contribution in [1.29, 1.82) is 0 Å². The lowest BCUT2D eigenvalue weighted by Crippen LogP contribution is -2.49. The standard InChI is InChI=1S/C15H20N2O4/c1-2-5-15(14(20)21)6-3-8-17(10-15)13(19)11-4-7-16-9-12(11)18/h4,7,9,18H,2-3,5-6,8,10H2,1H3,(H,20,21). The van der Waals surface area contributed by atoms with Crippen molar-refractivity contribution in [3.8, 4) is 5.75 Å². The summed E-state index contributed by atoms with van der Waals surface area (Å²) in [7, 11) is 0. The minimum absolute atomic E-state index is 0.169. The molecule has 2 heterocycles. The van der Waals surface area contributed by atoms with Gasteiger partial charge in [-0.15, -0.1) is 0 Å². The zero-order valence-electron chi connectivity index (χ0n) is 12.1. The van der Waals surface area contributed by atoms with Crippen LogP contribution in [0.4, 0.5) is 0 Å². The maximum absolute atomic E-state index is 12.5. The fourth-order valence-corrected chi connectivity index (χ4v) is 3.01. The summed E-state index contributed by atoms with van der Waals surface area (Å²) in [6.45, 7) is 2.65. The number of amides is 1. The quantitative estimate of drug-likeness (QED) is 0.884. The summed E-state index contributed by atoms with van der Waals surface area (Å²) >= 11 is 0. The van der Waals surface area contributed by atoms with E-state index in [-0.39, 0.29) is 23.8 Å². The first-order valence-electron chi connectivity index (χ1n) is 7.16. The van der Waals surface area contributed by atoms with Crippen LogP contribution in [0.1, 0.15) is 43.0 Å². The minimum atomic E-state index is -0.870. The van der Waals surface area contributed by atoms with Gasteiger partial charge in [0.25, 0.3) is 5.91 Å². The van der Waals surface area contributed by atoms with E-state index >= 15 is 0 Å². The van der Waals surface area contributed by atoms with Gasteiger partial charge in [-0.3, -0.25) is 14.6 Å². The Morgan fingerprint density at radius 3 is 2.86 bits per heavy atom. The van der Waals surface area contributed by atoms with Crippen LogP contribution in [0.15, 0.2) is 18.5 Å². The molecular weight excluding hydrogens is 272 g/mol. The zero-order valence-corrected chi connectivity index (χ0v) is 12.1. The van der Waals surface area contributed by atoms with Gasteiger partial charge in [0, 0.05) is 19.3 Å². The maximum atomic E-state index is 12.5. The predicted molar refractivity (Wildman–Crippen MR) is 76.0 cm³/mol. The number of piperidine rings is 1. The molecule has 1 fully saturated rings. The molecule has 21 heavy (non-hydrogen) atoms. The normalized spacial score (nSPS) is 22.0. The zero-order chi connectivity index (χ0) is 15.5. The van der Waals surface area contributed by atoms with Gasteiger partial charge in [-0.05, 0) is 25.3 Å². The molecule has 1 aliphatic heterocycles. The number of carbonyl (C=O) groups is 2. The van der Waals surface area contributed by atoms with Crippen LogP contribution in [0.5, 0.6) is 5.75 Å². The van der Waals surface area contributed by atoms with Gasteiger partial charge in [-0.1, -0.05) is 13.3 Å². The van der Waals surface area contributed by atoms with Gasteiger partial charge >= 0.3 is 5.97 Å². The van der Waals surface area contributed by atoms with Crippen molar-refractivity contribution < 1.29 is 19.8 Å². The second kappa shape index (κ2) is 6.11. The first-order chi connectivity index (χ1) is 10.00. The Morgan fingerprint density at radius 2 is 2.24 bits per heavy atom. The van der Waals surface area contributed by atoms with E-state index in [0.717, 1.165) is 6.42 Å². The van der Waals surface area contributed by atoms with Gasteiger partial charge in [-0.25, -0.2) is 0 Å². The van der Waals surface area contributed by atoms with Crippen LogP contribution in [0.3, 0.4) is 0 Å². The smallest absolute Gasteiger partial charge is 0.311 e. The van der Waals surface area contributed by atoms with Crippen LogP contribution in [0, 0.1) is 5.41 Å². The largest absolute Gasteiger partial charge is 0.505 e. The maximum Gasteiger partial charge on any atom is 0.311 e. The molecule has 1 aliphatic rings. The number of aromatic hydroxyl groups is 1. The van der Waals surface area contributed by atoms with Crippen LogP contribution in [-0.4, -0.2) is 45.1 Å². The molecule has 6 heteroatoms. The lowest BCUT2D eigenvalue weighted by atomic mass is 9.76. The van der Waals surface area contributed by atoms with Crippen LogP contribution in [-0.2, 0) is 4.79 Å². The fraction of sp³-hybridized carbons (Fsp3) is 0.533. The molecule has 0 saturated carbocycles. The lowest BCUT2D eigenvalue weighted by molar-refractivity contribution is -0.152. The number of aliphatic carboxylic acids is 1. The number of carboxylic acids is 1. The molecule has 0 bridgehead atoms. The number of nitrogens with zero attached hydrogens (tertiary/aromatic N) is 2. The van der Waals surface area contributed by atoms with Crippen molar-refractivity contribution in [3.05, 3.63) is 24.0 Å². The Morgan fingerprint density at radius 1 is 1.48 bits per heavy atom. The van der Waals surface area contributed by atoms with Gasteiger partial charge in [0.1, 0.15) is 5.75 Å². The second-order valence-electron chi connectivity index (χ2n) is 5.56. The van der Waals surface area contributed by atoms with Crippen molar-refractivity contribution in [3.63, 3.8) is 0 Å². The molecule has 2 N–H and O–H groups in total. The van der Waals surface area contributed by atoms with Crippen molar-refractivity contribution in [2.75, 3.05) is 13.1 Å².